The van der Waals surface area contributed by atoms with Crippen LogP contribution in [-0.4, -0.2) is 23.5 Å². The zero-order valence-corrected chi connectivity index (χ0v) is 19.3. The van der Waals surface area contributed by atoms with Crippen molar-refractivity contribution in [2.75, 3.05) is 16.8 Å². The van der Waals surface area contributed by atoms with Crippen LogP contribution in [0, 0.1) is 0 Å². The molecule has 3 aromatic carbocycles. The number of anilines is 2. The van der Waals surface area contributed by atoms with Gasteiger partial charge in [0.05, 0.1) is 0 Å². The molecule has 0 spiro atoms. The van der Waals surface area contributed by atoms with E-state index < -0.39 is 0 Å². The molecule has 0 heterocycles. The van der Waals surface area contributed by atoms with Crippen LogP contribution in [0.5, 0.6) is 0 Å². The molecule has 0 fully saturated rings. The van der Waals surface area contributed by atoms with E-state index in [0.29, 0.717) is 29.3 Å². The topological polar surface area (TPSA) is 61.4 Å². The summed E-state index contributed by atoms with van der Waals surface area (Å²) in [5, 5.41) is 5.87. The molecule has 0 bridgehead atoms. The van der Waals surface area contributed by atoms with Crippen LogP contribution in [0.2, 0.25) is 0 Å². The number of thiocarbonyl (C=S) groups is 1. The zero-order valence-electron chi connectivity index (χ0n) is 18.5. The fourth-order valence-corrected chi connectivity index (χ4v) is 3.47. The van der Waals surface area contributed by atoms with Crippen LogP contribution in [0.4, 0.5) is 11.4 Å². The van der Waals surface area contributed by atoms with Crippen LogP contribution in [-0.2, 0) is 0 Å². The molecule has 5 nitrogen and oxygen atoms in total. The first-order chi connectivity index (χ1) is 15.4. The summed E-state index contributed by atoms with van der Waals surface area (Å²) >= 11 is 5.27. The quantitative estimate of drug-likeness (QED) is 0.485. The van der Waals surface area contributed by atoms with Gasteiger partial charge in [-0.25, -0.2) is 0 Å². The van der Waals surface area contributed by atoms with Gasteiger partial charge in [0.25, 0.3) is 11.8 Å². The van der Waals surface area contributed by atoms with E-state index >= 15 is 0 Å². The van der Waals surface area contributed by atoms with Gasteiger partial charge < -0.3 is 10.2 Å². The summed E-state index contributed by atoms with van der Waals surface area (Å²) in [6, 6.07) is 24.1. The summed E-state index contributed by atoms with van der Waals surface area (Å²) in [5.74, 6) is 0.0545. The Balaban J connectivity index is 1.60. The minimum Gasteiger partial charge on any atom is -0.332 e. The van der Waals surface area contributed by atoms with Gasteiger partial charge >= 0.3 is 0 Å². The molecule has 32 heavy (non-hydrogen) atoms. The van der Waals surface area contributed by atoms with E-state index in [4.69, 9.17) is 12.2 Å². The van der Waals surface area contributed by atoms with Crippen molar-refractivity contribution in [3.63, 3.8) is 0 Å². The molecule has 0 aliphatic rings. The number of rotatable bonds is 6. The second-order valence-electron chi connectivity index (χ2n) is 7.65. The first kappa shape index (κ1) is 23.2. The Morgan fingerprint density at radius 2 is 1.47 bits per heavy atom. The Morgan fingerprint density at radius 1 is 0.875 bits per heavy atom. The Bertz CT molecular complexity index is 1080. The SMILES string of the molecule is CCN(C(=O)c1ccc(NC(=S)NC(=O)c2ccc(C(C)C)cc2)cc1)c1ccccc1. The van der Waals surface area contributed by atoms with Gasteiger partial charge in [0.15, 0.2) is 5.11 Å². The van der Waals surface area contributed by atoms with Crippen LogP contribution in [0.25, 0.3) is 0 Å². The highest BCUT2D eigenvalue weighted by Crippen LogP contribution is 2.18. The van der Waals surface area contributed by atoms with E-state index in [0.717, 1.165) is 5.69 Å². The van der Waals surface area contributed by atoms with E-state index in [1.54, 1.807) is 41.3 Å². The summed E-state index contributed by atoms with van der Waals surface area (Å²) in [7, 11) is 0. The molecule has 164 valence electrons. The molecule has 0 saturated carbocycles. The number of hydrogen-bond donors (Lipinski definition) is 2. The van der Waals surface area contributed by atoms with E-state index in [1.807, 2.05) is 49.4 Å². The van der Waals surface area contributed by atoms with Gasteiger partial charge in [-0.2, -0.15) is 0 Å². The number of hydrogen-bond acceptors (Lipinski definition) is 3. The number of amides is 2. The normalized spacial score (nSPS) is 10.5. The lowest BCUT2D eigenvalue weighted by atomic mass is 10.0. The van der Waals surface area contributed by atoms with E-state index in [1.165, 1.54) is 5.56 Å². The molecule has 2 amide bonds. The first-order valence-corrected chi connectivity index (χ1v) is 11.0. The third-order valence-electron chi connectivity index (χ3n) is 5.09. The van der Waals surface area contributed by atoms with E-state index in [2.05, 4.69) is 24.5 Å². The third kappa shape index (κ3) is 5.80. The maximum atomic E-state index is 12.9. The lowest BCUT2D eigenvalue weighted by Gasteiger charge is -2.21. The molecule has 0 aliphatic heterocycles. The standard InChI is InChI=1S/C26H27N3O2S/c1-4-29(23-8-6-5-7-9-23)25(31)21-14-16-22(17-15-21)27-26(32)28-24(30)20-12-10-19(11-13-20)18(2)3/h5-18H,4H2,1-3H3,(H2,27,28,30,32). The third-order valence-corrected chi connectivity index (χ3v) is 5.29. The Hall–Kier alpha value is -3.51. The summed E-state index contributed by atoms with van der Waals surface area (Å²) < 4.78 is 0. The predicted octanol–water partition coefficient (Wildman–Crippen LogP) is 5.60. The minimum absolute atomic E-state index is 0.0778. The molecule has 3 aromatic rings. The molecule has 0 unspecified atom stereocenters. The van der Waals surface area contributed by atoms with Crippen molar-refractivity contribution < 1.29 is 9.59 Å². The second kappa shape index (κ2) is 10.7. The molecule has 0 radical (unpaired) electrons. The fraction of sp³-hybridized carbons (Fsp3) is 0.192. The average Bonchev–Trinajstić information content (AvgIpc) is 2.80. The zero-order chi connectivity index (χ0) is 23.1. The molecule has 0 saturated heterocycles. The van der Waals surface area contributed by atoms with Crippen LogP contribution < -0.4 is 15.5 Å². The number of benzene rings is 3. The summed E-state index contributed by atoms with van der Waals surface area (Å²) in [6.07, 6.45) is 0. The van der Waals surface area contributed by atoms with Crippen molar-refractivity contribution in [3.8, 4) is 0 Å². The van der Waals surface area contributed by atoms with Gasteiger partial charge in [-0.15, -0.1) is 0 Å². The van der Waals surface area contributed by atoms with Crippen molar-refractivity contribution >= 4 is 40.5 Å². The molecule has 3 rings (SSSR count). The molecular weight excluding hydrogens is 418 g/mol. The number of nitrogens with zero attached hydrogens (tertiary/aromatic N) is 1. The maximum Gasteiger partial charge on any atom is 0.258 e. The minimum atomic E-state index is -0.272. The average molecular weight is 446 g/mol. The lowest BCUT2D eigenvalue weighted by molar-refractivity contribution is 0.0973. The van der Waals surface area contributed by atoms with Crippen LogP contribution >= 0.6 is 12.2 Å². The molecular formula is C26H27N3O2S. The van der Waals surface area contributed by atoms with Crippen molar-refractivity contribution in [1.29, 1.82) is 0 Å². The number of para-hydroxylation sites is 1. The number of nitrogens with one attached hydrogen (secondary N) is 2. The Morgan fingerprint density at radius 3 is 2.03 bits per heavy atom. The highest BCUT2D eigenvalue weighted by molar-refractivity contribution is 7.80. The largest absolute Gasteiger partial charge is 0.332 e. The molecule has 0 aliphatic carbocycles. The molecule has 0 atom stereocenters. The van der Waals surface area contributed by atoms with Crippen molar-refractivity contribution in [2.45, 2.75) is 26.7 Å². The predicted molar refractivity (Wildman–Crippen MR) is 134 cm³/mol. The van der Waals surface area contributed by atoms with Gasteiger partial charge in [0.1, 0.15) is 0 Å². The van der Waals surface area contributed by atoms with E-state index in [-0.39, 0.29) is 16.9 Å². The molecule has 0 aromatic heterocycles. The fourth-order valence-electron chi connectivity index (χ4n) is 3.26. The summed E-state index contributed by atoms with van der Waals surface area (Å²) in [4.78, 5) is 27.0. The van der Waals surface area contributed by atoms with Gasteiger partial charge in [-0.3, -0.25) is 14.9 Å². The van der Waals surface area contributed by atoms with Crippen LogP contribution in [0.1, 0.15) is 53.0 Å². The van der Waals surface area contributed by atoms with Crippen molar-refractivity contribution in [2.24, 2.45) is 0 Å². The molecule has 2 N–H and O–H groups in total. The smallest absolute Gasteiger partial charge is 0.258 e. The molecule has 6 heteroatoms. The maximum absolute atomic E-state index is 12.9. The highest BCUT2D eigenvalue weighted by Gasteiger charge is 2.16. The Labute approximate surface area is 194 Å². The van der Waals surface area contributed by atoms with Crippen LogP contribution in [0.3, 0.4) is 0 Å². The lowest BCUT2D eigenvalue weighted by Crippen LogP contribution is -2.34. The van der Waals surface area contributed by atoms with Gasteiger partial charge in [0, 0.05) is 29.0 Å². The monoisotopic (exact) mass is 445 g/mol. The second-order valence-corrected chi connectivity index (χ2v) is 8.06. The van der Waals surface area contributed by atoms with Gasteiger partial charge in [-0.1, -0.05) is 44.2 Å². The van der Waals surface area contributed by atoms with Gasteiger partial charge in [0.2, 0.25) is 0 Å². The van der Waals surface area contributed by atoms with Crippen LogP contribution in [0.15, 0.2) is 78.9 Å². The van der Waals surface area contributed by atoms with E-state index in [9.17, 15) is 9.59 Å². The first-order valence-electron chi connectivity index (χ1n) is 10.6. The summed E-state index contributed by atoms with van der Waals surface area (Å²) in [5.41, 5.74) is 3.82. The Kier molecular flexibility index (Phi) is 7.73. The van der Waals surface area contributed by atoms with Gasteiger partial charge in [-0.05, 0) is 79.2 Å². The number of carbonyl (C=O) groups excluding carboxylic acids is 2. The highest BCUT2D eigenvalue weighted by atomic mass is 32.1. The number of carbonyl (C=O) groups is 2. The van der Waals surface area contributed by atoms with Crippen molar-refractivity contribution in [1.82, 2.24) is 5.32 Å². The summed E-state index contributed by atoms with van der Waals surface area (Å²) in [6.45, 7) is 6.72. The van der Waals surface area contributed by atoms with Crippen molar-refractivity contribution in [3.05, 3.63) is 95.6 Å².